The number of nitrogens with zero attached hydrogens (tertiary/aromatic N) is 2. The molecule has 2 aromatic rings. The van der Waals surface area contributed by atoms with Gasteiger partial charge in [-0.2, -0.15) is 10.4 Å². The molecule has 1 aliphatic carbocycles. The Labute approximate surface area is 122 Å². The Kier molecular flexibility index (Phi) is 5.33. The van der Waals surface area contributed by atoms with Crippen molar-refractivity contribution in [2.75, 3.05) is 0 Å². The fourth-order valence-electron chi connectivity index (χ4n) is 2.70. The van der Waals surface area contributed by atoms with E-state index in [0.29, 0.717) is 0 Å². The topological polar surface area (TPSA) is 52.5 Å². The van der Waals surface area contributed by atoms with Crippen molar-refractivity contribution in [3.05, 3.63) is 29.0 Å². The summed E-state index contributed by atoms with van der Waals surface area (Å²) in [4.78, 5) is 0. The van der Waals surface area contributed by atoms with Crippen molar-refractivity contribution in [1.29, 1.82) is 5.26 Å². The molecular formula is C17H25N3. The van der Waals surface area contributed by atoms with Crippen LogP contribution in [0.1, 0.15) is 57.2 Å². The minimum Gasteiger partial charge on any atom is -0.278 e. The van der Waals surface area contributed by atoms with Crippen LogP contribution in [0.2, 0.25) is 0 Å². The number of nitrogens with one attached hydrogen (secondary N) is 1. The molecule has 20 heavy (non-hydrogen) atoms. The first-order valence-electron chi connectivity index (χ1n) is 7.53. The maximum atomic E-state index is 9.31. The molecule has 1 saturated carbocycles. The van der Waals surface area contributed by atoms with Gasteiger partial charge in [0.1, 0.15) is 0 Å². The molecule has 3 nitrogen and oxygen atoms in total. The summed E-state index contributed by atoms with van der Waals surface area (Å²) in [5.74, 6) is 0. The highest BCUT2D eigenvalue weighted by Crippen LogP contribution is 2.50. The molecule has 108 valence electrons. The van der Waals surface area contributed by atoms with E-state index in [1.807, 2.05) is 33.9 Å². The number of fused-ring (bicyclic) bond motifs is 1. The van der Waals surface area contributed by atoms with Gasteiger partial charge in [-0.25, -0.2) is 0 Å². The van der Waals surface area contributed by atoms with E-state index in [9.17, 15) is 5.26 Å². The van der Waals surface area contributed by atoms with E-state index >= 15 is 0 Å². The fourth-order valence-corrected chi connectivity index (χ4v) is 2.70. The zero-order chi connectivity index (χ0) is 15.3. The van der Waals surface area contributed by atoms with E-state index in [4.69, 9.17) is 0 Å². The Balaban J connectivity index is 0.000000461. The number of aromatic amines is 1. The second-order valence-corrected chi connectivity index (χ2v) is 4.72. The quantitative estimate of drug-likeness (QED) is 0.811. The van der Waals surface area contributed by atoms with Crippen LogP contribution < -0.4 is 0 Å². The number of rotatable bonds is 1. The van der Waals surface area contributed by atoms with E-state index in [2.05, 4.69) is 36.2 Å². The molecule has 1 heterocycles. The SMILES string of the molecule is CC.CC.Cc1cc2[nH]ncc2c(C)c1C1(C#N)CC1. The lowest BCUT2D eigenvalue weighted by molar-refractivity contribution is 0.886. The molecule has 1 aromatic carbocycles. The van der Waals surface area contributed by atoms with Gasteiger partial charge in [-0.3, -0.25) is 5.10 Å². The third-order valence-electron chi connectivity index (χ3n) is 3.65. The lowest BCUT2D eigenvalue weighted by atomic mass is 9.87. The van der Waals surface area contributed by atoms with Crippen LogP contribution in [0.3, 0.4) is 0 Å². The smallest absolute Gasteiger partial charge is 0.0829 e. The second kappa shape index (κ2) is 6.56. The minimum absolute atomic E-state index is 0.209. The van der Waals surface area contributed by atoms with Gasteiger partial charge in [0.2, 0.25) is 0 Å². The number of aromatic nitrogens is 2. The molecule has 0 aliphatic heterocycles. The van der Waals surface area contributed by atoms with E-state index in [-0.39, 0.29) is 5.41 Å². The van der Waals surface area contributed by atoms with Crippen molar-refractivity contribution < 1.29 is 0 Å². The van der Waals surface area contributed by atoms with Crippen LogP contribution in [0.4, 0.5) is 0 Å². The summed E-state index contributed by atoms with van der Waals surface area (Å²) < 4.78 is 0. The van der Waals surface area contributed by atoms with E-state index < -0.39 is 0 Å². The first-order valence-corrected chi connectivity index (χ1v) is 7.53. The molecule has 1 aliphatic rings. The van der Waals surface area contributed by atoms with Gasteiger partial charge in [0.25, 0.3) is 0 Å². The third-order valence-corrected chi connectivity index (χ3v) is 3.65. The molecule has 0 unspecified atom stereocenters. The molecule has 3 rings (SSSR count). The van der Waals surface area contributed by atoms with Gasteiger partial charge in [-0.05, 0) is 49.4 Å². The maximum Gasteiger partial charge on any atom is 0.0829 e. The summed E-state index contributed by atoms with van der Waals surface area (Å²) >= 11 is 0. The van der Waals surface area contributed by atoms with Crippen molar-refractivity contribution in [2.24, 2.45) is 0 Å². The van der Waals surface area contributed by atoms with Gasteiger partial charge >= 0.3 is 0 Å². The van der Waals surface area contributed by atoms with Crippen LogP contribution >= 0.6 is 0 Å². The molecule has 0 saturated heterocycles. The zero-order valence-corrected chi connectivity index (χ0v) is 13.5. The summed E-state index contributed by atoms with van der Waals surface area (Å²) in [6.45, 7) is 12.2. The Bertz CT molecular complexity index is 613. The Hall–Kier alpha value is -1.82. The number of H-pyrrole nitrogens is 1. The number of benzene rings is 1. The number of nitriles is 1. The molecule has 0 radical (unpaired) electrons. The highest BCUT2D eigenvalue weighted by atomic mass is 15.1. The Morgan fingerprint density at radius 3 is 2.30 bits per heavy atom. The Morgan fingerprint density at radius 2 is 1.80 bits per heavy atom. The van der Waals surface area contributed by atoms with Crippen molar-refractivity contribution in [1.82, 2.24) is 10.2 Å². The summed E-state index contributed by atoms with van der Waals surface area (Å²) in [6.07, 6.45) is 3.84. The van der Waals surface area contributed by atoms with Gasteiger partial charge in [0.05, 0.1) is 23.2 Å². The van der Waals surface area contributed by atoms with Crippen LogP contribution in [0.25, 0.3) is 10.9 Å². The molecule has 3 heteroatoms. The second-order valence-electron chi connectivity index (χ2n) is 4.72. The van der Waals surface area contributed by atoms with Crippen LogP contribution in [0.15, 0.2) is 12.3 Å². The molecule has 0 atom stereocenters. The van der Waals surface area contributed by atoms with Crippen molar-refractivity contribution in [3.8, 4) is 6.07 Å². The molecule has 0 amide bonds. The third kappa shape index (κ3) is 2.56. The summed E-state index contributed by atoms with van der Waals surface area (Å²) in [6, 6.07) is 4.58. The molecule has 1 fully saturated rings. The zero-order valence-electron chi connectivity index (χ0n) is 13.5. The summed E-state index contributed by atoms with van der Waals surface area (Å²) in [7, 11) is 0. The summed E-state index contributed by atoms with van der Waals surface area (Å²) in [5, 5.41) is 17.5. The highest BCUT2D eigenvalue weighted by molar-refractivity contribution is 5.84. The maximum absolute atomic E-state index is 9.31. The average Bonchev–Trinajstić information content (AvgIpc) is 3.13. The van der Waals surface area contributed by atoms with E-state index in [1.165, 1.54) is 16.7 Å². The van der Waals surface area contributed by atoms with Crippen molar-refractivity contribution >= 4 is 10.9 Å². The lowest BCUT2D eigenvalue weighted by Gasteiger charge is -2.14. The van der Waals surface area contributed by atoms with Gasteiger partial charge in [-0.15, -0.1) is 0 Å². The van der Waals surface area contributed by atoms with E-state index in [0.717, 1.165) is 23.7 Å². The van der Waals surface area contributed by atoms with Gasteiger partial charge in [-0.1, -0.05) is 27.7 Å². The average molecular weight is 271 g/mol. The first-order chi connectivity index (χ1) is 9.68. The van der Waals surface area contributed by atoms with Crippen LogP contribution in [-0.2, 0) is 5.41 Å². The van der Waals surface area contributed by atoms with Crippen LogP contribution in [0, 0.1) is 25.2 Å². The molecular weight excluding hydrogens is 246 g/mol. The predicted octanol–water partition coefficient (Wildman–Crippen LogP) is 4.79. The predicted molar refractivity (Wildman–Crippen MR) is 84.8 cm³/mol. The minimum atomic E-state index is -0.209. The number of aryl methyl sites for hydroxylation is 2. The largest absolute Gasteiger partial charge is 0.278 e. The first kappa shape index (κ1) is 16.2. The number of hydrogen-bond donors (Lipinski definition) is 1. The van der Waals surface area contributed by atoms with Crippen LogP contribution in [0.5, 0.6) is 0 Å². The van der Waals surface area contributed by atoms with Crippen LogP contribution in [-0.4, -0.2) is 10.2 Å². The number of hydrogen-bond acceptors (Lipinski definition) is 2. The van der Waals surface area contributed by atoms with Crippen molar-refractivity contribution in [2.45, 2.75) is 59.8 Å². The lowest BCUT2D eigenvalue weighted by Crippen LogP contribution is -2.08. The monoisotopic (exact) mass is 271 g/mol. The van der Waals surface area contributed by atoms with E-state index in [1.54, 1.807) is 0 Å². The molecule has 1 N–H and O–H groups in total. The fraction of sp³-hybridized carbons (Fsp3) is 0.529. The summed E-state index contributed by atoms with van der Waals surface area (Å²) in [5.41, 5.74) is 4.49. The highest BCUT2D eigenvalue weighted by Gasteiger charge is 2.46. The molecule has 1 aromatic heterocycles. The van der Waals surface area contributed by atoms with Gasteiger partial charge < -0.3 is 0 Å². The van der Waals surface area contributed by atoms with Gasteiger partial charge in [0, 0.05) is 5.39 Å². The molecule has 0 bridgehead atoms. The van der Waals surface area contributed by atoms with Crippen molar-refractivity contribution in [3.63, 3.8) is 0 Å². The molecule has 0 spiro atoms. The normalized spacial score (nSPS) is 14.4. The standard InChI is InChI=1S/C13H13N3.2C2H6/c1-8-5-11-10(6-15-16-11)9(2)12(8)13(7-14)3-4-13;2*1-2/h5-6H,3-4H2,1-2H3,(H,15,16);2*1-2H3. The Morgan fingerprint density at radius 1 is 1.20 bits per heavy atom. The van der Waals surface area contributed by atoms with Gasteiger partial charge in [0.15, 0.2) is 0 Å².